The molecule has 2 heterocycles. The molecular weight excluding hydrogens is 304 g/mol. The van der Waals surface area contributed by atoms with Crippen molar-refractivity contribution in [3.8, 4) is 0 Å². The van der Waals surface area contributed by atoms with Gasteiger partial charge in [-0.2, -0.15) is 0 Å². The van der Waals surface area contributed by atoms with Crippen LogP contribution in [0.1, 0.15) is 23.7 Å². The molecule has 3 rings (SSSR count). The molecule has 1 aromatic heterocycles. The number of benzene rings is 1. The van der Waals surface area contributed by atoms with Gasteiger partial charge >= 0.3 is 0 Å². The van der Waals surface area contributed by atoms with E-state index < -0.39 is 0 Å². The van der Waals surface area contributed by atoms with Gasteiger partial charge in [0.15, 0.2) is 5.96 Å². The zero-order valence-electron chi connectivity index (χ0n) is 13.7. The van der Waals surface area contributed by atoms with Gasteiger partial charge in [0.25, 0.3) is 0 Å². The van der Waals surface area contributed by atoms with Gasteiger partial charge in [-0.05, 0) is 23.8 Å². The lowest BCUT2D eigenvalue weighted by Gasteiger charge is -2.26. The van der Waals surface area contributed by atoms with Crippen molar-refractivity contribution in [3.05, 3.63) is 54.0 Å². The third kappa shape index (κ3) is 3.95. The van der Waals surface area contributed by atoms with Gasteiger partial charge in [-0.15, -0.1) is 0 Å². The molecule has 1 aliphatic heterocycles. The van der Waals surface area contributed by atoms with Crippen LogP contribution in [0.5, 0.6) is 0 Å². The van der Waals surface area contributed by atoms with Crippen molar-refractivity contribution < 1.29 is 9.21 Å². The highest BCUT2D eigenvalue weighted by molar-refractivity contribution is 5.94. The van der Waals surface area contributed by atoms with Crippen molar-refractivity contribution >= 4 is 17.6 Å². The number of aliphatic imine (C=N–C) groups is 1. The zero-order valence-corrected chi connectivity index (χ0v) is 13.7. The van der Waals surface area contributed by atoms with E-state index in [4.69, 9.17) is 4.42 Å². The summed E-state index contributed by atoms with van der Waals surface area (Å²) in [5.41, 5.74) is 2.07. The van der Waals surface area contributed by atoms with E-state index in [2.05, 4.69) is 27.0 Å². The zero-order chi connectivity index (χ0) is 16.8. The molecule has 0 spiro atoms. The van der Waals surface area contributed by atoms with Crippen molar-refractivity contribution in [3.63, 3.8) is 0 Å². The van der Waals surface area contributed by atoms with Crippen LogP contribution in [0.25, 0.3) is 0 Å². The summed E-state index contributed by atoms with van der Waals surface area (Å²) in [5, 5.41) is 9.49. The SMILES string of the molecule is CN=C(NCCc1ccco1)NCC1CC(=O)Nc2ccccc21. The van der Waals surface area contributed by atoms with Crippen molar-refractivity contribution in [2.75, 3.05) is 25.5 Å². The number of carbonyl (C=O) groups excluding carboxylic acids is 1. The first-order chi connectivity index (χ1) is 11.8. The average Bonchev–Trinajstić information content (AvgIpc) is 3.11. The molecule has 1 atom stereocenters. The Bertz CT molecular complexity index is 710. The quantitative estimate of drug-likeness (QED) is 0.581. The molecule has 1 amide bonds. The number of hydrogen-bond donors (Lipinski definition) is 3. The first-order valence-electron chi connectivity index (χ1n) is 8.12. The monoisotopic (exact) mass is 326 g/mol. The van der Waals surface area contributed by atoms with E-state index in [9.17, 15) is 4.79 Å². The smallest absolute Gasteiger partial charge is 0.225 e. The van der Waals surface area contributed by atoms with Gasteiger partial charge in [-0.3, -0.25) is 9.79 Å². The first kappa shape index (κ1) is 16.1. The third-order valence-electron chi connectivity index (χ3n) is 4.09. The number of anilines is 1. The standard InChI is InChI=1S/C18H22N4O2/c1-19-18(20-9-8-14-5-4-10-24-14)21-12-13-11-17(23)22-16-7-3-2-6-15(13)16/h2-7,10,13H,8-9,11-12H2,1H3,(H,22,23)(H2,19,20,21). The number of amides is 1. The number of para-hydroxylation sites is 1. The largest absolute Gasteiger partial charge is 0.469 e. The maximum absolute atomic E-state index is 11.9. The normalized spacial score (nSPS) is 17.1. The number of nitrogens with zero attached hydrogens (tertiary/aromatic N) is 1. The highest BCUT2D eigenvalue weighted by Gasteiger charge is 2.24. The van der Waals surface area contributed by atoms with Gasteiger partial charge in [0.1, 0.15) is 5.76 Å². The van der Waals surface area contributed by atoms with Crippen LogP contribution < -0.4 is 16.0 Å². The van der Waals surface area contributed by atoms with E-state index >= 15 is 0 Å². The highest BCUT2D eigenvalue weighted by Crippen LogP contribution is 2.31. The molecule has 1 unspecified atom stereocenters. The maximum Gasteiger partial charge on any atom is 0.225 e. The third-order valence-corrected chi connectivity index (χ3v) is 4.09. The summed E-state index contributed by atoms with van der Waals surface area (Å²) in [7, 11) is 1.74. The maximum atomic E-state index is 11.9. The van der Waals surface area contributed by atoms with E-state index in [-0.39, 0.29) is 11.8 Å². The van der Waals surface area contributed by atoms with Crippen LogP contribution in [-0.4, -0.2) is 32.0 Å². The van der Waals surface area contributed by atoms with Gasteiger partial charge in [-0.25, -0.2) is 0 Å². The van der Waals surface area contributed by atoms with Crippen LogP contribution >= 0.6 is 0 Å². The Hall–Kier alpha value is -2.76. The Morgan fingerprint density at radius 3 is 2.96 bits per heavy atom. The minimum absolute atomic E-state index is 0.0567. The molecule has 0 bridgehead atoms. The lowest BCUT2D eigenvalue weighted by Crippen LogP contribution is -2.41. The van der Waals surface area contributed by atoms with E-state index in [1.54, 1.807) is 13.3 Å². The molecule has 1 aliphatic rings. The molecular formula is C18H22N4O2. The van der Waals surface area contributed by atoms with E-state index in [1.165, 1.54) is 0 Å². The molecule has 0 fully saturated rings. The summed E-state index contributed by atoms with van der Waals surface area (Å²) in [6.07, 6.45) is 2.95. The number of furan rings is 1. The van der Waals surface area contributed by atoms with E-state index in [1.807, 2.05) is 30.3 Å². The van der Waals surface area contributed by atoms with Crippen LogP contribution in [0.15, 0.2) is 52.1 Å². The molecule has 3 N–H and O–H groups in total. The molecule has 2 aromatic rings. The topological polar surface area (TPSA) is 78.7 Å². The predicted molar refractivity (Wildman–Crippen MR) is 94.2 cm³/mol. The van der Waals surface area contributed by atoms with Crippen LogP contribution in [0.3, 0.4) is 0 Å². The molecule has 126 valence electrons. The molecule has 0 aliphatic carbocycles. The number of rotatable bonds is 5. The Kier molecular flexibility index (Phi) is 5.15. The highest BCUT2D eigenvalue weighted by atomic mass is 16.3. The van der Waals surface area contributed by atoms with Gasteiger partial charge in [0, 0.05) is 44.6 Å². The Morgan fingerprint density at radius 2 is 2.17 bits per heavy atom. The lowest BCUT2D eigenvalue weighted by atomic mass is 9.90. The van der Waals surface area contributed by atoms with Gasteiger partial charge < -0.3 is 20.4 Å². The summed E-state index contributed by atoms with van der Waals surface area (Å²) < 4.78 is 5.31. The van der Waals surface area contributed by atoms with Crippen LogP contribution in [0.4, 0.5) is 5.69 Å². The minimum Gasteiger partial charge on any atom is -0.469 e. The molecule has 6 heteroatoms. The van der Waals surface area contributed by atoms with Crippen molar-refractivity contribution in [2.45, 2.75) is 18.8 Å². The fourth-order valence-corrected chi connectivity index (χ4v) is 2.88. The second-order valence-electron chi connectivity index (χ2n) is 5.75. The van der Waals surface area contributed by atoms with Crippen molar-refractivity contribution in [1.29, 1.82) is 0 Å². The number of nitrogens with one attached hydrogen (secondary N) is 3. The second-order valence-corrected chi connectivity index (χ2v) is 5.75. The summed E-state index contributed by atoms with van der Waals surface area (Å²) in [6, 6.07) is 11.8. The molecule has 24 heavy (non-hydrogen) atoms. The summed E-state index contributed by atoms with van der Waals surface area (Å²) >= 11 is 0. The van der Waals surface area contributed by atoms with E-state index in [0.29, 0.717) is 13.0 Å². The van der Waals surface area contributed by atoms with Gasteiger partial charge in [-0.1, -0.05) is 18.2 Å². The molecule has 1 aromatic carbocycles. The average molecular weight is 326 g/mol. The van der Waals surface area contributed by atoms with Gasteiger partial charge in [0.05, 0.1) is 6.26 Å². The number of fused-ring (bicyclic) bond motifs is 1. The predicted octanol–water partition coefficient (Wildman–Crippen LogP) is 2.11. The summed E-state index contributed by atoms with van der Waals surface area (Å²) in [6.45, 7) is 1.39. The molecule has 0 saturated heterocycles. The number of carbonyl (C=O) groups is 1. The fraction of sp³-hybridized carbons (Fsp3) is 0.333. The Morgan fingerprint density at radius 1 is 1.29 bits per heavy atom. The Labute approximate surface area is 141 Å². The van der Waals surface area contributed by atoms with Crippen LogP contribution in [-0.2, 0) is 11.2 Å². The van der Waals surface area contributed by atoms with Gasteiger partial charge in [0.2, 0.25) is 5.91 Å². The number of guanidine groups is 1. The first-order valence-corrected chi connectivity index (χ1v) is 8.12. The van der Waals surface area contributed by atoms with Crippen molar-refractivity contribution in [2.24, 2.45) is 4.99 Å². The molecule has 0 radical (unpaired) electrons. The van der Waals surface area contributed by atoms with Crippen molar-refractivity contribution in [1.82, 2.24) is 10.6 Å². The molecule has 0 saturated carbocycles. The summed E-state index contributed by atoms with van der Waals surface area (Å²) in [5.74, 6) is 1.86. The summed E-state index contributed by atoms with van der Waals surface area (Å²) in [4.78, 5) is 16.1. The van der Waals surface area contributed by atoms with E-state index in [0.717, 1.165) is 35.9 Å². The lowest BCUT2D eigenvalue weighted by molar-refractivity contribution is -0.116. The molecule has 6 nitrogen and oxygen atoms in total. The fourth-order valence-electron chi connectivity index (χ4n) is 2.88. The van der Waals surface area contributed by atoms with Crippen LogP contribution in [0, 0.1) is 0 Å². The van der Waals surface area contributed by atoms with Crippen LogP contribution in [0.2, 0.25) is 0 Å². The minimum atomic E-state index is 0.0567. The number of hydrogen-bond acceptors (Lipinski definition) is 3. The second kappa shape index (κ2) is 7.68. The Balaban J connectivity index is 1.53.